The normalized spacial score (nSPS) is 12.3. The molecule has 0 saturated carbocycles. The first-order valence-electron chi connectivity index (χ1n) is 10.3. The lowest BCUT2D eigenvalue weighted by Crippen LogP contribution is -2.25. The maximum atomic E-state index is 11.8. The molecule has 1 amide bonds. The predicted octanol–water partition coefficient (Wildman–Crippen LogP) is 3.76. The minimum absolute atomic E-state index is 0.0548. The highest BCUT2D eigenvalue weighted by molar-refractivity contribution is 7.16. The molecule has 1 atom stereocenters. The third kappa shape index (κ3) is 6.18. The van der Waals surface area contributed by atoms with Gasteiger partial charge >= 0.3 is 4.87 Å². The number of nitrogens with two attached hydrogens (primary N) is 1. The van der Waals surface area contributed by atoms with Crippen LogP contribution in [0.15, 0.2) is 47.3 Å². The average Bonchev–Trinajstić information content (AvgIpc) is 3.14. The summed E-state index contributed by atoms with van der Waals surface area (Å²) in [5.74, 6) is -0.562. The fourth-order valence-corrected chi connectivity index (χ4v) is 4.43. The van der Waals surface area contributed by atoms with Crippen molar-refractivity contribution in [2.75, 3.05) is 13.2 Å². The third-order valence-corrected chi connectivity index (χ3v) is 6.22. The van der Waals surface area contributed by atoms with Crippen molar-refractivity contribution in [3.8, 4) is 5.75 Å². The number of aromatic nitrogens is 1. The van der Waals surface area contributed by atoms with Gasteiger partial charge in [-0.3, -0.25) is 9.59 Å². The van der Waals surface area contributed by atoms with Crippen LogP contribution in [0.2, 0.25) is 0 Å². The number of aromatic hydroxyl groups is 1. The van der Waals surface area contributed by atoms with Crippen LogP contribution in [0.4, 0.5) is 0 Å². The van der Waals surface area contributed by atoms with E-state index in [0.717, 1.165) is 40.9 Å². The second kappa shape index (κ2) is 10.9. The molecule has 3 rings (SSSR count). The minimum atomic E-state index is -0.333. The molecule has 7 heteroatoms. The number of phenols is 1. The number of primary amides is 1. The number of carbonyl (C=O) groups excluding carboxylic acids is 1. The van der Waals surface area contributed by atoms with E-state index in [1.807, 2.05) is 6.07 Å². The SMILES string of the molecule is NC(=O)C(CCOCCCCc1ccccc1)CCc1ccc(O)c2[nH]c(=O)sc12. The molecule has 0 radical (unpaired) electrons. The van der Waals surface area contributed by atoms with Crippen LogP contribution in [0.5, 0.6) is 5.75 Å². The molecule has 0 aliphatic carbocycles. The molecule has 0 saturated heterocycles. The van der Waals surface area contributed by atoms with E-state index in [1.54, 1.807) is 12.1 Å². The first-order valence-corrected chi connectivity index (χ1v) is 11.1. The van der Waals surface area contributed by atoms with Gasteiger partial charge in [0.25, 0.3) is 0 Å². The van der Waals surface area contributed by atoms with Crippen molar-refractivity contribution in [2.24, 2.45) is 11.7 Å². The van der Waals surface area contributed by atoms with Gasteiger partial charge in [-0.25, -0.2) is 0 Å². The Morgan fingerprint density at radius 2 is 1.87 bits per heavy atom. The molecule has 0 bridgehead atoms. The highest BCUT2D eigenvalue weighted by Crippen LogP contribution is 2.29. The molecule has 30 heavy (non-hydrogen) atoms. The van der Waals surface area contributed by atoms with Gasteiger partial charge in [-0.05, 0) is 55.7 Å². The molecule has 0 aliphatic rings. The van der Waals surface area contributed by atoms with E-state index >= 15 is 0 Å². The van der Waals surface area contributed by atoms with Gasteiger partial charge in [-0.15, -0.1) is 0 Å². The van der Waals surface area contributed by atoms with E-state index in [1.165, 1.54) is 5.56 Å². The van der Waals surface area contributed by atoms with Crippen LogP contribution in [0.1, 0.15) is 36.8 Å². The van der Waals surface area contributed by atoms with Crippen molar-refractivity contribution in [1.29, 1.82) is 0 Å². The topological polar surface area (TPSA) is 105 Å². The van der Waals surface area contributed by atoms with Crippen molar-refractivity contribution < 1.29 is 14.6 Å². The van der Waals surface area contributed by atoms with Gasteiger partial charge in [0, 0.05) is 19.1 Å². The molecule has 1 aromatic heterocycles. The van der Waals surface area contributed by atoms with E-state index < -0.39 is 0 Å². The smallest absolute Gasteiger partial charge is 0.305 e. The number of rotatable bonds is 12. The monoisotopic (exact) mass is 428 g/mol. The minimum Gasteiger partial charge on any atom is -0.506 e. The number of carbonyl (C=O) groups is 1. The summed E-state index contributed by atoms with van der Waals surface area (Å²) >= 11 is 1.07. The number of nitrogens with one attached hydrogen (secondary N) is 1. The Bertz CT molecular complexity index is 1010. The van der Waals surface area contributed by atoms with Crippen molar-refractivity contribution in [3.05, 3.63) is 63.3 Å². The van der Waals surface area contributed by atoms with E-state index in [4.69, 9.17) is 10.5 Å². The Kier molecular flexibility index (Phi) is 8.04. The molecule has 4 N–H and O–H groups in total. The molecule has 3 aromatic rings. The second-order valence-electron chi connectivity index (χ2n) is 7.44. The molecule has 2 aromatic carbocycles. The molecule has 0 fully saturated rings. The maximum Gasteiger partial charge on any atom is 0.305 e. The van der Waals surface area contributed by atoms with E-state index in [9.17, 15) is 14.7 Å². The lowest BCUT2D eigenvalue weighted by molar-refractivity contribution is -0.122. The van der Waals surface area contributed by atoms with Crippen LogP contribution >= 0.6 is 11.3 Å². The number of fused-ring (bicyclic) bond motifs is 1. The zero-order valence-electron chi connectivity index (χ0n) is 16.9. The Morgan fingerprint density at radius 1 is 1.07 bits per heavy atom. The van der Waals surface area contributed by atoms with Crippen LogP contribution in [-0.2, 0) is 22.4 Å². The lowest BCUT2D eigenvalue weighted by Gasteiger charge is -2.14. The molecule has 160 valence electrons. The Hall–Kier alpha value is -2.64. The summed E-state index contributed by atoms with van der Waals surface area (Å²) in [4.78, 5) is 25.9. The average molecular weight is 429 g/mol. The first-order chi connectivity index (χ1) is 14.5. The van der Waals surface area contributed by atoms with Crippen molar-refractivity contribution in [2.45, 2.75) is 38.5 Å². The number of thiazole rings is 1. The van der Waals surface area contributed by atoms with Gasteiger partial charge < -0.3 is 20.6 Å². The highest BCUT2D eigenvalue weighted by Gasteiger charge is 2.17. The van der Waals surface area contributed by atoms with E-state index in [-0.39, 0.29) is 22.4 Å². The second-order valence-corrected chi connectivity index (χ2v) is 8.43. The Labute approximate surface area is 179 Å². The first kappa shape index (κ1) is 22.1. The fraction of sp³-hybridized carbons (Fsp3) is 0.391. The molecule has 1 heterocycles. The Balaban J connectivity index is 1.40. The molecule has 0 spiro atoms. The summed E-state index contributed by atoms with van der Waals surface area (Å²) in [6, 6.07) is 13.7. The lowest BCUT2D eigenvalue weighted by atomic mass is 9.96. The Morgan fingerprint density at radius 3 is 2.63 bits per heavy atom. The largest absolute Gasteiger partial charge is 0.506 e. The molecular weight excluding hydrogens is 400 g/mol. The number of ether oxygens (including phenoxy) is 1. The quantitative estimate of drug-likeness (QED) is 0.382. The molecule has 0 aliphatic heterocycles. The number of amides is 1. The number of aryl methyl sites for hydroxylation is 2. The molecule has 1 unspecified atom stereocenters. The number of aromatic amines is 1. The number of hydrogen-bond acceptors (Lipinski definition) is 5. The van der Waals surface area contributed by atoms with Gasteiger partial charge in [-0.2, -0.15) is 0 Å². The highest BCUT2D eigenvalue weighted by atomic mass is 32.1. The summed E-state index contributed by atoms with van der Waals surface area (Å²) in [5, 5.41) is 9.89. The number of phenolic OH excluding ortho intramolecular Hbond substituents is 1. The molecule has 6 nitrogen and oxygen atoms in total. The third-order valence-electron chi connectivity index (χ3n) is 5.26. The predicted molar refractivity (Wildman–Crippen MR) is 120 cm³/mol. The van der Waals surface area contributed by atoms with E-state index in [0.29, 0.717) is 38.0 Å². The van der Waals surface area contributed by atoms with Crippen molar-refractivity contribution in [3.63, 3.8) is 0 Å². The molecular formula is C23H28N2O4S. The fourth-order valence-electron chi connectivity index (χ4n) is 3.53. The summed E-state index contributed by atoms with van der Waals surface area (Å²) in [6.07, 6.45) is 4.86. The van der Waals surface area contributed by atoms with Gasteiger partial charge in [-0.1, -0.05) is 47.7 Å². The standard InChI is InChI=1S/C23H28N2O4S/c24-22(27)18(13-15-29-14-5-4-8-16-6-2-1-3-7-16)10-9-17-11-12-19(26)20-21(17)30-23(28)25-20/h1-3,6-7,11-12,18,26H,4-5,8-10,13-15H2,(H2,24,27)(H,25,28). The van der Waals surface area contributed by atoms with Crippen molar-refractivity contribution >= 4 is 27.5 Å². The summed E-state index contributed by atoms with van der Waals surface area (Å²) < 4.78 is 6.44. The van der Waals surface area contributed by atoms with Crippen molar-refractivity contribution in [1.82, 2.24) is 4.98 Å². The van der Waals surface area contributed by atoms with Crippen LogP contribution in [0.3, 0.4) is 0 Å². The van der Waals surface area contributed by atoms with Crippen LogP contribution < -0.4 is 10.6 Å². The van der Waals surface area contributed by atoms with E-state index in [2.05, 4.69) is 29.2 Å². The number of benzene rings is 2. The maximum absolute atomic E-state index is 11.8. The zero-order valence-corrected chi connectivity index (χ0v) is 17.7. The van der Waals surface area contributed by atoms with Crippen LogP contribution in [0, 0.1) is 5.92 Å². The van der Waals surface area contributed by atoms with Gasteiger partial charge in [0.1, 0.15) is 11.3 Å². The number of hydrogen-bond donors (Lipinski definition) is 3. The van der Waals surface area contributed by atoms with Crippen LogP contribution in [0.25, 0.3) is 10.2 Å². The van der Waals surface area contributed by atoms with Gasteiger partial charge in [0.15, 0.2) is 0 Å². The van der Waals surface area contributed by atoms with Gasteiger partial charge in [0.2, 0.25) is 5.91 Å². The van der Waals surface area contributed by atoms with Gasteiger partial charge in [0.05, 0.1) is 4.70 Å². The number of H-pyrrole nitrogens is 1. The number of unbranched alkanes of at least 4 members (excludes halogenated alkanes) is 1. The van der Waals surface area contributed by atoms with Crippen LogP contribution in [-0.4, -0.2) is 29.2 Å². The summed E-state index contributed by atoms with van der Waals surface area (Å²) in [6.45, 7) is 1.18. The zero-order chi connectivity index (χ0) is 21.3. The summed E-state index contributed by atoms with van der Waals surface area (Å²) in [5.41, 5.74) is 8.30. The summed E-state index contributed by atoms with van der Waals surface area (Å²) in [7, 11) is 0.